The molecule has 0 radical (unpaired) electrons. The molecule has 0 fully saturated rings. The molecule has 0 unspecified atom stereocenters. The minimum Gasteiger partial charge on any atom is -0.380 e. The average Bonchev–Trinajstić information content (AvgIpc) is 3.16. The van der Waals surface area contributed by atoms with Crippen LogP contribution < -0.4 is 5.32 Å². The average molecular weight is 316 g/mol. The highest BCUT2D eigenvalue weighted by atomic mass is 32.1. The lowest BCUT2D eigenvalue weighted by molar-refractivity contribution is -0.384. The molecule has 2 aromatic heterocycles. The highest BCUT2D eigenvalue weighted by molar-refractivity contribution is 7.14. The number of hydrogen-bond donors (Lipinski definition) is 1. The van der Waals surface area contributed by atoms with E-state index in [9.17, 15) is 10.1 Å². The molecule has 0 aliphatic heterocycles. The molecule has 4 nitrogen and oxygen atoms in total. The molecule has 21 heavy (non-hydrogen) atoms. The highest BCUT2D eigenvalue weighted by Crippen LogP contribution is 2.29. The first-order valence-corrected chi connectivity index (χ1v) is 8.08. The van der Waals surface area contributed by atoms with Crippen LogP contribution in [0.15, 0.2) is 53.2 Å². The molecule has 1 N–H and O–H groups in total. The van der Waals surface area contributed by atoms with Crippen molar-refractivity contribution in [3.8, 4) is 10.4 Å². The van der Waals surface area contributed by atoms with Crippen LogP contribution in [-0.4, -0.2) is 4.92 Å². The van der Waals surface area contributed by atoms with E-state index in [1.54, 1.807) is 34.8 Å². The number of nitro benzene ring substituents is 1. The van der Waals surface area contributed by atoms with Crippen LogP contribution in [0.2, 0.25) is 0 Å². The van der Waals surface area contributed by atoms with Crippen LogP contribution in [0.1, 0.15) is 4.88 Å². The molecule has 3 aromatic rings. The maximum absolute atomic E-state index is 10.6. The first-order chi connectivity index (χ1) is 10.2. The summed E-state index contributed by atoms with van der Waals surface area (Å²) in [7, 11) is 0. The predicted octanol–water partition coefficient (Wildman–Crippen LogP) is 5.00. The Morgan fingerprint density at radius 2 is 1.95 bits per heavy atom. The molecular weight excluding hydrogens is 304 g/mol. The van der Waals surface area contributed by atoms with Gasteiger partial charge in [0.25, 0.3) is 5.69 Å². The van der Waals surface area contributed by atoms with Crippen molar-refractivity contribution >= 4 is 34.0 Å². The topological polar surface area (TPSA) is 55.2 Å². The molecule has 0 amide bonds. The molecule has 6 heteroatoms. The standard InChI is InChI=1S/C15H12N2O2S2/c18-17(19)13-5-3-12(4-6-13)16-9-14-8-11(10-21-14)15-2-1-7-20-15/h1-8,10,16H,9H2. The van der Waals surface area contributed by atoms with Crippen LogP contribution in [0.5, 0.6) is 0 Å². The van der Waals surface area contributed by atoms with E-state index in [4.69, 9.17) is 0 Å². The van der Waals surface area contributed by atoms with Gasteiger partial charge in [-0.05, 0) is 35.0 Å². The minimum absolute atomic E-state index is 0.108. The van der Waals surface area contributed by atoms with Gasteiger partial charge in [0.1, 0.15) is 0 Å². The number of anilines is 1. The van der Waals surface area contributed by atoms with Crippen molar-refractivity contribution in [2.45, 2.75) is 6.54 Å². The van der Waals surface area contributed by atoms with Crippen LogP contribution in [0, 0.1) is 10.1 Å². The molecule has 0 aliphatic rings. The Kier molecular flexibility index (Phi) is 3.98. The van der Waals surface area contributed by atoms with E-state index in [1.807, 2.05) is 6.07 Å². The van der Waals surface area contributed by atoms with Crippen molar-refractivity contribution in [2.75, 3.05) is 5.32 Å². The zero-order valence-electron chi connectivity index (χ0n) is 11.0. The van der Waals surface area contributed by atoms with Gasteiger partial charge in [0, 0.05) is 39.7 Å². The molecule has 2 heterocycles. The molecule has 0 saturated heterocycles. The lowest BCUT2D eigenvalue weighted by Crippen LogP contribution is -1.97. The fourth-order valence-corrected chi connectivity index (χ4v) is 3.55. The van der Waals surface area contributed by atoms with Gasteiger partial charge in [-0.1, -0.05) is 6.07 Å². The summed E-state index contributed by atoms with van der Waals surface area (Å²) in [6, 6.07) is 12.8. The molecule has 1 aromatic carbocycles. The highest BCUT2D eigenvalue weighted by Gasteiger charge is 2.05. The number of benzene rings is 1. The zero-order chi connectivity index (χ0) is 14.7. The summed E-state index contributed by atoms with van der Waals surface area (Å²) >= 11 is 3.44. The second-order valence-electron chi connectivity index (χ2n) is 4.44. The Balaban J connectivity index is 1.64. The summed E-state index contributed by atoms with van der Waals surface area (Å²) < 4.78 is 0. The second kappa shape index (κ2) is 6.07. The SMILES string of the molecule is O=[N+]([O-])c1ccc(NCc2cc(-c3cccs3)cs2)cc1. The smallest absolute Gasteiger partial charge is 0.269 e. The lowest BCUT2D eigenvalue weighted by Gasteiger charge is -2.03. The molecular formula is C15H12N2O2S2. The van der Waals surface area contributed by atoms with Crippen molar-refractivity contribution in [3.63, 3.8) is 0 Å². The Hall–Kier alpha value is -2.18. The second-order valence-corrected chi connectivity index (χ2v) is 6.38. The van der Waals surface area contributed by atoms with E-state index >= 15 is 0 Å². The van der Waals surface area contributed by atoms with Crippen LogP contribution in [0.4, 0.5) is 11.4 Å². The van der Waals surface area contributed by atoms with Gasteiger partial charge in [-0.25, -0.2) is 0 Å². The van der Waals surface area contributed by atoms with Crippen molar-refractivity contribution in [1.29, 1.82) is 0 Å². The maximum atomic E-state index is 10.6. The molecule has 0 bridgehead atoms. The van der Waals surface area contributed by atoms with Gasteiger partial charge in [0.05, 0.1) is 4.92 Å². The van der Waals surface area contributed by atoms with Gasteiger partial charge in [-0.15, -0.1) is 22.7 Å². The van der Waals surface area contributed by atoms with Crippen molar-refractivity contribution in [1.82, 2.24) is 0 Å². The predicted molar refractivity (Wildman–Crippen MR) is 88.1 cm³/mol. The third-order valence-electron chi connectivity index (χ3n) is 3.00. The first-order valence-electron chi connectivity index (χ1n) is 6.32. The summed E-state index contributed by atoms with van der Waals surface area (Å²) in [6.07, 6.45) is 0. The zero-order valence-corrected chi connectivity index (χ0v) is 12.6. The molecule has 0 atom stereocenters. The van der Waals surface area contributed by atoms with E-state index in [0.29, 0.717) is 6.54 Å². The van der Waals surface area contributed by atoms with Crippen molar-refractivity contribution in [2.24, 2.45) is 0 Å². The van der Waals surface area contributed by atoms with E-state index in [1.165, 1.54) is 27.5 Å². The number of rotatable bonds is 5. The Labute approximate surface area is 129 Å². The summed E-state index contributed by atoms with van der Waals surface area (Å²) in [4.78, 5) is 12.7. The number of non-ortho nitro benzene ring substituents is 1. The van der Waals surface area contributed by atoms with Crippen LogP contribution >= 0.6 is 22.7 Å². The number of thiophene rings is 2. The van der Waals surface area contributed by atoms with Gasteiger partial charge in [-0.2, -0.15) is 0 Å². The first kappa shape index (κ1) is 13.8. The largest absolute Gasteiger partial charge is 0.380 e. The van der Waals surface area contributed by atoms with E-state index in [2.05, 4.69) is 28.2 Å². The molecule has 106 valence electrons. The van der Waals surface area contributed by atoms with Crippen LogP contribution in [-0.2, 0) is 6.54 Å². The van der Waals surface area contributed by atoms with Crippen LogP contribution in [0.25, 0.3) is 10.4 Å². The van der Waals surface area contributed by atoms with Gasteiger partial charge in [0.2, 0.25) is 0 Å². The van der Waals surface area contributed by atoms with Crippen LogP contribution in [0.3, 0.4) is 0 Å². The van der Waals surface area contributed by atoms with Gasteiger partial charge in [-0.3, -0.25) is 10.1 Å². The Morgan fingerprint density at radius 3 is 2.62 bits per heavy atom. The Morgan fingerprint density at radius 1 is 1.14 bits per heavy atom. The minimum atomic E-state index is -0.393. The molecule has 0 saturated carbocycles. The number of nitro groups is 1. The molecule has 0 spiro atoms. The molecule has 3 rings (SSSR count). The van der Waals surface area contributed by atoms with E-state index in [0.717, 1.165) is 5.69 Å². The van der Waals surface area contributed by atoms with Gasteiger partial charge >= 0.3 is 0 Å². The summed E-state index contributed by atoms with van der Waals surface area (Å²) in [5, 5.41) is 18.1. The number of hydrogen-bond acceptors (Lipinski definition) is 5. The fraction of sp³-hybridized carbons (Fsp3) is 0.0667. The number of nitrogens with one attached hydrogen (secondary N) is 1. The van der Waals surface area contributed by atoms with E-state index in [-0.39, 0.29) is 5.69 Å². The van der Waals surface area contributed by atoms with Gasteiger partial charge in [0.15, 0.2) is 0 Å². The summed E-state index contributed by atoms with van der Waals surface area (Å²) in [5.74, 6) is 0. The quantitative estimate of drug-likeness (QED) is 0.532. The Bertz CT molecular complexity index is 733. The van der Waals surface area contributed by atoms with E-state index < -0.39 is 4.92 Å². The third-order valence-corrected chi connectivity index (χ3v) is 4.86. The monoisotopic (exact) mass is 316 g/mol. The fourth-order valence-electron chi connectivity index (χ4n) is 1.94. The third kappa shape index (κ3) is 3.29. The number of nitrogens with zero attached hydrogens (tertiary/aromatic N) is 1. The maximum Gasteiger partial charge on any atom is 0.269 e. The lowest BCUT2D eigenvalue weighted by atomic mass is 10.2. The normalized spacial score (nSPS) is 10.5. The van der Waals surface area contributed by atoms with Gasteiger partial charge < -0.3 is 5.32 Å². The molecule has 0 aliphatic carbocycles. The summed E-state index contributed by atoms with van der Waals surface area (Å²) in [5.41, 5.74) is 2.24. The van der Waals surface area contributed by atoms with Crippen molar-refractivity contribution < 1.29 is 4.92 Å². The van der Waals surface area contributed by atoms with Crippen molar-refractivity contribution in [3.05, 3.63) is 68.2 Å². The summed E-state index contributed by atoms with van der Waals surface area (Å²) in [6.45, 7) is 0.716.